The molecule has 9 heteroatoms. The summed E-state index contributed by atoms with van der Waals surface area (Å²) in [5.74, 6) is -0.0473. The van der Waals surface area contributed by atoms with Gasteiger partial charge in [0, 0.05) is 6.42 Å². The van der Waals surface area contributed by atoms with Crippen LogP contribution < -0.4 is 5.19 Å². The van der Waals surface area contributed by atoms with Crippen molar-refractivity contribution in [1.82, 2.24) is 0 Å². The fourth-order valence-electron chi connectivity index (χ4n) is 4.01. The molecule has 0 aliphatic carbocycles. The van der Waals surface area contributed by atoms with E-state index in [2.05, 4.69) is 59.1 Å². The molecule has 1 saturated heterocycles. The summed E-state index contributed by atoms with van der Waals surface area (Å²) in [6, 6.07) is 16.6. The highest BCUT2D eigenvalue weighted by Crippen LogP contribution is 2.39. The number of aryl methyl sites for hydroxylation is 1. The van der Waals surface area contributed by atoms with Crippen LogP contribution in [0.2, 0.25) is 31.2 Å². The molecular weight excluding hydrogens is 509 g/mol. The fraction of sp³-hybridized carbons (Fsp3) is 0.519. The largest absolute Gasteiger partial charge is 0.404 e. The smallest absolute Gasteiger partial charge is 0.297 e. The van der Waals surface area contributed by atoms with Gasteiger partial charge in [0.1, 0.15) is 20.3 Å². The van der Waals surface area contributed by atoms with Gasteiger partial charge in [0.05, 0.1) is 17.2 Å². The lowest BCUT2D eigenvalue weighted by atomic mass is 10.0. The van der Waals surface area contributed by atoms with Gasteiger partial charge in [-0.25, -0.2) is 0 Å². The number of carbonyl (C=O) groups excluding carboxylic acids is 1. The minimum Gasteiger partial charge on any atom is -0.404 e. The topological polar surface area (TPSA) is 78.9 Å². The van der Waals surface area contributed by atoms with Crippen LogP contribution in [0.5, 0.6) is 0 Å². The van der Waals surface area contributed by atoms with Crippen LogP contribution in [0.3, 0.4) is 0 Å². The van der Waals surface area contributed by atoms with Crippen molar-refractivity contribution in [3.8, 4) is 0 Å². The molecule has 3 rings (SSSR count). The Morgan fingerprint density at radius 2 is 1.56 bits per heavy atom. The van der Waals surface area contributed by atoms with Gasteiger partial charge in [-0.2, -0.15) is 8.42 Å². The molecular formula is C27H40O6SSi2. The summed E-state index contributed by atoms with van der Waals surface area (Å²) in [6.45, 7) is 16.4. The van der Waals surface area contributed by atoms with Crippen LogP contribution in [-0.2, 0) is 28.3 Å². The molecule has 0 unspecified atom stereocenters. The molecule has 198 valence electrons. The summed E-state index contributed by atoms with van der Waals surface area (Å²) in [5, 5.41) is 1.06. The van der Waals surface area contributed by atoms with Crippen LogP contribution in [0.4, 0.5) is 0 Å². The van der Waals surface area contributed by atoms with E-state index >= 15 is 0 Å². The van der Waals surface area contributed by atoms with Crippen molar-refractivity contribution in [2.24, 2.45) is 0 Å². The number of carbonyl (C=O) groups is 1. The highest BCUT2D eigenvalue weighted by Gasteiger charge is 2.49. The van der Waals surface area contributed by atoms with E-state index in [1.807, 2.05) is 25.1 Å². The molecule has 0 radical (unpaired) electrons. The second-order valence-electron chi connectivity index (χ2n) is 11.8. The number of rotatable bonds is 8. The van der Waals surface area contributed by atoms with Gasteiger partial charge in [-0.15, -0.1) is 0 Å². The van der Waals surface area contributed by atoms with E-state index in [0.717, 1.165) is 5.56 Å². The van der Waals surface area contributed by atoms with Crippen LogP contribution >= 0.6 is 0 Å². The maximum absolute atomic E-state index is 13.6. The molecule has 0 amide bonds. The molecule has 3 atom stereocenters. The molecule has 0 N–H and O–H groups in total. The van der Waals surface area contributed by atoms with E-state index < -0.39 is 38.7 Å². The van der Waals surface area contributed by atoms with Crippen molar-refractivity contribution < 1.29 is 26.6 Å². The molecule has 6 nitrogen and oxygen atoms in total. The monoisotopic (exact) mass is 548 g/mol. The van der Waals surface area contributed by atoms with Crippen molar-refractivity contribution in [2.45, 2.75) is 88.2 Å². The summed E-state index contributed by atoms with van der Waals surface area (Å²) in [7, 11) is -8.59. The summed E-state index contributed by atoms with van der Waals surface area (Å²) in [5.41, 5.74) is 0.635. The highest BCUT2D eigenvalue weighted by atomic mass is 32.2. The van der Waals surface area contributed by atoms with E-state index in [1.165, 1.54) is 17.3 Å². The van der Waals surface area contributed by atoms with E-state index in [4.69, 9.17) is 13.3 Å². The molecule has 1 aliphatic heterocycles. The number of Topliss-reactive ketones (excluding diaryl/α,β-unsaturated/α-hetero) is 1. The molecule has 0 aromatic heterocycles. The Labute approximate surface area is 218 Å². The van der Waals surface area contributed by atoms with Gasteiger partial charge >= 0.3 is 0 Å². The zero-order valence-corrected chi connectivity index (χ0v) is 25.5. The van der Waals surface area contributed by atoms with Gasteiger partial charge in [0.15, 0.2) is 14.1 Å². The lowest BCUT2D eigenvalue weighted by molar-refractivity contribution is -0.152. The number of hydrogen-bond acceptors (Lipinski definition) is 6. The Balaban J connectivity index is 1.90. The minimum atomic E-state index is -4.02. The predicted octanol–water partition coefficient (Wildman–Crippen LogP) is 4.97. The Morgan fingerprint density at radius 3 is 2.11 bits per heavy atom. The zero-order chi connectivity index (χ0) is 26.9. The molecule has 36 heavy (non-hydrogen) atoms. The van der Waals surface area contributed by atoms with Crippen molar-refractivity contribution in [3.05, 3.63) is 60.2 Å². The molecule has 2 aromatic carbocycles. The lowest BCUT2D eigenvalue weighted by Gasteiger charge is -2.45. The third-order valence-electron chi connectivity index (χ3n) is 7.63. The number of hydrogen-bond donors (Lipinski definition) is 0. The summed E-state index contributed by atoms with van der Waals surface area (Å²) >= 11 is 0. The van der Waals surface area contributed by atoms with Crippen LogP contribution in [0.15, 0.2) is 59.5 Å². The summed E-state index contributed by atoms with van der Waals surface area (Å²) < 4.78 is 44.4. The third-order valence-corrected chi connectivity index (χ3v) is 17.2. The Bertz CT molecular complexity index is 1160. The molecule has 1 fully saturated rings. The molecule has 2 aromatic rings. The quantitative estimate of drug-likeness (QED) is 0.342. The molecule has 0 bridgehead atoms. The maximum atomic E-state index is 13.6. The van der Waals surface area contributed by atoms with E-state index in [-0.39, 0.29) is 34.5 Å². The Hall–Kier alpha value is -1.63. The SMILES string of the molecule is Cc1ccc(S(=O)(=O)OC[C@H]2O[C@@H]([Si](C)(C)c3ccccc3)CC(=O)[C@@H]2O[Si](C)(C)C(C)(C)C)cc1. The molecule has 1 heterocycles. The Kier molecular flexibility index (Phi) is 8.54. The number of benzene rings is 2. The van der Waals surface area contributed by atoms with Crippen molar-refractivity contribution in [1.29, 1.82) is 0 Å². The molecule has 0 spiro atoms. The van der Waals surface area contributed by atoms with Crippen molar-refractivity contribution in [2.75, 3.05) is 6.61 Å². The van der Waals surface area contributed by atoms with Crippen LogP contribution in [0.1, 0.15) is 32.8 Å². The first-order chi connectivity index (χ1) is 16.5. The van der Waals surface area contributed by atoms with Gasteiger partial charge < -0.3 is 9.16 Å². The molecule has 0 saturated carbocycles. The average Bonchev–Trinajstić information content (AvgIpc) is 2.79. The first kappa shape index (κ1) is 28.9. The predicted molar refractivity (Wildman–Crippen MR) is 148 cm³/mol. The Morgan fingerprint density at radius 1 is 0.972 bits per heavy atom. The normalized spacial score (nSPS) is 22.0. The lowest BCUT2D eigenvalue weighted by Crippen LogP contribution is -2.63. The minimum absolute atomic E-state index is 0.0473. The third kappa shape index (κ3) is 6.43. The summed E-state index contributed by atoms with van der Waals surface area (Å²) in [4.78, 5) is 13.6. The van der Waals surface area contributed by atoms with E-state index in [9.17, 15) is 13.2 Å². The van der Waals surface area contributed by atoms with Gasteiger partial charge in [0.25, 0.3) is 10.1 Å². The molecule has 1 aliphatic rings. The maximum Gasteiger partial charge on any atom is 0.297 e. The number of ketones is 1. The van der Waals surface area contributed by atoms with Crippen LogP contribution in [0.25, 0.3) is 0 Å². The van der Waals surface area contributed by atoms with Crippen molar-refractivity contribution in [3.63, 3.8) is 0 Å². The second kappa shape index (κ2) is 10.6. The standard InChI is InChI=1S/C27H40O6SSi2/c1-20-14-16-21(17-15-20)34(29,30)31-19-24-26(33-36(7,8)27(2,3)4)23(28)18-25(32-24)35(5,6)22-12-10-9-11-13-22/h9-17,24-26H,18-19H2,1-8H3/t24-,25+,26+/m1/s1. The van der Waals surface area contributed by atoms with Crippen LogP contribution in [-0.4, -0.2) is 55.1 Å². The average molecular weight is 549 g/mol. The zero-order valence-electron chi connectivity index (χ0n) is 22.7. The fourth-order valence-corrected chi connectivity index (χ4v) is 8.85. The summed E-state index contributed by atoms with van der Waals surface area (Å²) in [6.07, 6.45) is -1.44. The van der Waals surface area contributed by atoms with Gasteiger partial charge in [0.2, 0.25) is 0 Å². The van der Waals surface area contributed by atoms with Gasteiger partial charge in [-0.05, 0) is 37.2 Å². The van der Waals surface area contributed by atoms with Crippen LogP contribution in [0, 0.1) is 6.92 Å². The van der Waals surface area contributed by atoms with E-state index in [1.54, 1.807) is 12.1 Å². The first-order valence-electron chi connectivity index (χ1n) is 12.4. The number of ether oxygens (including phenoxy) is 1. The second-order valence-corrected chi connectivity index (χ2v) is 22.8. The van der Waals surface area contributed by atoms with Gasteiger partial charge in [-0.3, -0.25) is 8.98 Å². The van der Waals surface area contributed by atoms with Crippen molar-refractivity contribution >= 4 is 37.5 Å². The first-order valence-corrected chi connectivity index (χ1v) is 19.8. The highest BCUT2D eigenvalue weighted by molar-refractivity contribution is 7.86. The van der Waals surface area contributed by atoms with Gasteiger partial charge in [-0.1, -0.05) is 87.1 Å². The van der Waals surface area contributed by atoms with E-state index in [0.29, 0.717) is 0 Å².